The fourth-order valence-electron chi connectivity index (χ4n) is 2.75. The number of furan rings is 1. The Morgan fingerprint density at radius 1 is 1.18 bits per heavy atom. The van der Waals surface area contributed by atoms with Gasteiger partial charge in [-0.25, -0.2) is 4.98 Å². The molecule has 4 aromatic rings. The summed E-state index contributed by atoms with van der Waals surface area (Å²) in [6, 6.07) is 10.7. The molecule has 0 atom stereocenters. The summed E-state index contributed by atoms with van der Waals surface area (Å²) in [5.41, 5.74) is 1.38. The molecule has 1 amide bonds. The Bertz CT molecular complexity index is 1190. The van der Waals surface area contributed by atoms with E-state index in [9.17, 15) is 9.59 Å². The van der Waals surface area contributed by atoms with Gasteiger partial charge in [0.25, 0.3) is 11.5 Å². The van der Waals surface area contributed by atoms with Crippen LogP contribution < -0.4 is 16.0 Å². The van der Waals surface area contributed by atoms with Gasteiger partial charge in [0.05, 0.1) is 12.1 Å². The highest BCUT2D eigenvalue weighted by molar-refractivity contribution is 7.97. The highest BCUT2D eigenvalue weighted by Gasteiger charge is 2.19. The summed E-state index contributed by atoms with van der Waals surface area (Å²) in [5, 5.41) is 8.39. The second-order valence-corrected chi connectivity index (χ2v) is 6.67. The van der Waals surface area contributed by atoms with E-state index in [2.05, 4.69) is 15.3 Å². The van der Waals surface area contributed by atoms with Crippen molar-refractivity contribution in [1.29, 1.82) is 0 Å². The van der Waals surface area contributed by atoms with Crippen molar-refractivity contribution in [3.63, 3.8) is 0 Å². The van der Waals surface area contributed by atoms with E-state index in [4.69, 9.17) is 9.56 Å². The topological polar surface area (TPSA) is 116 Å². The van der Waals surface area contributed by atoms with Gasteiger partial charge in [0.1, 0.15) is 18.0 Å². The van der Waals surface area contributed by atoms with Crippen LogP contribution in [0.15, 0.2) is 75.5 Å². The summed E-state index contributed by atoms with van der Waals surface area (Å²) >= 11 is 1.12. The van der Waals surface area contributed by atoms with Gasteiger partial charge >= 0.3 is 0 Å². The third-order valence-corrected chi connectivity index (χ3v) is 4.70. The van der Waals surface area contributed by atoms with Gasteiger partial charge < -0.3 is 9.73 Å². The summed E-state index contributed by atoms with van der Waals surface area (Å²) in [5.74, 6) is -0.451. The monoisotopic (exact) mass is 393 g/mol. The zero-order chi connectivity index (χ0) is 19.5. The van der Waals surface area contributed by atoms with Gasteiger partial charge in [0.15, 0.2) is 0 Å². The number of nitrogens with zero attached hydrogens (tertiary/aromatic N) is 3. The summed E-state index contributed by atoms with van der Waals surface area (Å²) in [7, 11) is 0. The lowest BCUT2D eigenvalue weighted by Gasteiger charge is -2.06. The Kier molecular flexibility index (Phi) is 4.92. The molecule has 4 rings (SSSR count). The SMILES string of the molecule is NSc1ccc(NC(=O)c2coc3ncn(Cc4ccncc4)c(=O)c23)cc1. The van der Waals surface area contributed by atoms with Crippen molar-refractivity contribution in [3.8, 4) is 0 Å². The molecule has 9 heteroatoms. The van der Waals surface area contributed by atoms with E-state index >= 15 is 0 Å². The second-order valence-electron chi connectivity index (χ2n) is 5.96. The maximum atomic E-state index is 12.9. The summed E-state index contributed by atoms with van der Waals surface area (Å²) in [6.07, 6.45) is 5.95. The second kappa shape index (κ2) is 7.67. The van der Waals surface area contributed by atoms with Gasteiger partial charge in [-0.05, 0) is 53.9 Å². The normalized spacial score (nSPS) is 10.9. The molecule has 8 nitrogen and oxygen atoms in total. The minimum absolute atomic E-state index is 0.121. The quantitative estimate of drug-likeness (QED) is 0.501. The molecule has 0 spiro atoms. The number of hydrogen-bond donors (Lipinski definition) is 2. The first kappa shape index (κ1) is 18.0. The maximum absolute atomic E-state index is 12.9. The van der Waals surface area contributed by atoms with Crippen LogP contribution in [0.1, 0.15) is 15.9 Å². The van der Waals surface area contributed by atoms with E-state index in [0.29, 0.717) is 12.2 Å². The lowest BCUT2D eigenvalue weighted by Crippen LogP contribution is -2.23. The zero-order valence-corrected chi connectivity index (χ0v) is 15.3. The summed E-state index contributed by atoms with van der Waals surface area (Å²) in [6.45, 7) is 0.314. The molecule has 0 saturated carbocycles. The van der Waals surface area contributed by atoms with Crippen LogP contribution in [0, 0.1) is 0 Å². The van der Waals surface area contributed by atoms with E-state index in [1.54, 1.807) is 36.7 Å². The number of carbonyl (C=O) groups excluding carboxylic acids is 1. The first-order valence-corrected chi connectivity index (χ1v) is 9.17. The third-order valence-electron chi connectivity index (χ3n) is 4.16. The minimum atomic E-state index is -0.451. The number of fused-ring (bicyclic) bond motifs is 1. The lowest BCUT2D eigenvalue weighted by atomic mass is 10.2. The van der Waals surface area contributed by atoms with Crippen LogP contribution in [0.25, 0.3) is 11.1 Å². The fourth-order valence-corrected chi connectivity index (χ4v) is 3.04. The standard InChI is InChI=1S/C19H15N5O3S/c20-28-14-3-1-13(2-4-14)23-17(25)15-10-27-18-16(15)19(26)24(11-22-18)9-12-5-7-21-8-6-12/h1-8,10-11H,9,20H2,(H,23,25). The minimum Gasteiger partial charge on any atom is -0.445 e. The molecule has 0 radical (unpaired) electrons. The van der Waals surface area contributed by atoms with Crippen LogP contribution >= 0.6 is 11.9 Å². The summed E-state index contributed by atoms with van der Waals surface area (Å²) < 4.78 is 6.74. The van der Waals surface area contributed by atoms with E-state index in [-0.39, 0.29) is 22.2 Å². The lowest BCUT2D eigenvalue weighted by molar-refractivity contribution is 0.102. The Balaban J connectivity index is 1.66. The summed E-state index contributed by atoms with van der Waals surface area (Å²) in [4.78, 5) is 34.6. The van der Waals surface area contributed by atoms with E-state index in [1.165, 1.54) is 17.2 Å². The number of carbonyl (C=O) groups is 1. The van der Waals surface area contributed by atoms with Crippen molar-refractivity contribution in [2.45, 2.75) is 11.4 Å². The van der Waals surface area contributed by atoms with Crippen LogP contribution in [0.3, 0.4) is 0 Å². The van der Waals surface area contributed by atoms with Crippen molar-refractivity contribution in [2.24, 2.45) is 5.14 Å². The number of hydrogen-bond acceptors (Lipinski definition) is 7. The molecule has 0 aliphatic carbocycles. The molecule has 0 aliphatic rings. The van der Waals surface area contributed by atoms with Crippen molar-refractivity contribution >= 4 is 34.6 Å². The number of pyridine rings is 1. The first-order chi connectivity index (χ1) is 13.7. The molecular weight excluding hydrogens is 378 g/mol. The van der Waals surface area contributed by atoms with Gasteiger partial charge in [-0.15, -0.1) is 0 Å². The first-order valence-electron chi connectivity index (χ1n) is 8.29. The van der Waals surface area contributed by atoms with Crippen LogP contribution in [-0.2, 0) is 6.54 Å². The smallest absolute Gasteiger partial charge is 0.265 e. The van der Waals surface area contributed by atoms with E-state index in [1.807, 2.05) is 12.1 Å². The molecule has 3 aromatic heterocycles. The highest BCUT2D eigenvalue weighted by atomic mass is 32.2. The molecule has 0 saturated heterocycles. The number of anilines is 1. The molecule has 3 N–H and O–H groups in total. The number of nitrogens with two attached hydrogens (primary N) is 1. The van der Waals surface area contributed by atoms with Crippen LogP contribution in [-0.4, -0.2) is 20.4 Å². The molecule has 0 unspecified atom stereocenters. The van der Waals surface area contributed by atoms with Crippen LogP contribution in [0.4, 0.5) is 5.69 Å². The molecule has 28 heavy (non-hydrogen) atoms. The zero-order valence-electron chi connectivity index (χ0n) is 14.5. The predicted octanol–water partition coefficient (Wildman–Crippen LogP) is 2.65. The molecule has 1 aromatic carbocycles. The average molecular weight is 393 g/mol. The van der Waals surface area contributed by atoms with Gasteiger partial charge in [-0.2, -0.15) is 0 Å². The molecular formula is C19H15N5O3S. The Morgan fingerprint density at radius 3 is 2.64 bits per heavy atom. The number of nitrogens with one attached hydrogen (secondary N) is 1. The van der Waals surface area contributed by atoms with E-state index < -0.39 is 5.91 Å². The van der Waals surface area contributed by atoms with Gasteiger partial charge in [-0.3, -0.25) is 24.3 Å². The highest BCUT2D eigenvalue weighted by Crippen LogP contribution is 2.19. The van der Waals surface area contributed by atoms with Crippen LogP contribution in [0.5, 0.6) is 0 Å². The fraction of sp³-hybridized carbons (Fsp3) is 0.0526. The number of amides is 1. The maximum Gasteiger partial charge on any atom is 0.265 e. The Morgan fingerprint density at radius 2 is 1.93 bits per heavy atom. The van der Waals surface area contributed by atoms with Gasteiger partial charge in [0.2, 0.25) is 5.71 Å². The average Bonchev–Trinajstić information content (AvgIpc) is 3.16. The molecule has 0 fully saturated rings. The number of aromatic nitrogens is 3. The largest absolute Gasteiger partial charge is 0.445 e. The number of rotatable bonds is 5. The Hall–Kier alpha value is -3.43. The van der Waals surface area contributed by atoms with Crippen molar-refractivity contribution in [2.75, 3.05) is 5.32 Å². The number of benzene rings is 1. The van der Waals surface area contributed by atoms with E-state index in [0.717, 1.165) is 22.4 Å². The molecule has 140 valence electrons. The van der Waals surface area contributed by atoms with Crippen LogP contribution in [0.2, 0.25) is 0 Å². The van der Waals surface area contributed by atoms with Gasteiger partial charge in [0, 0.05) is 23.0 Å². The molecule has 3 heterocycles. The Labute approximate surface area is 163 Å². The van der Waals surface area contributed by atoms with Crippen molar-refractivity contribution in [3.05, 3.63) is 82.9 Å². The molecule has 0 bridgehead atoms. The van der Waals surface area contributed by atoms with Crippen molar-refractivity contribution in [1.82, 2.24) is 14.5 Å². The molecule has 0 aliphatic heterocycles. The third kappa shape index (κ3) is 3.53. The van der Waals surface area contributed by atoms with Gasteiger partial charge in [-0.1, -0.05) is 0 Å². The predicted molar refractivity (Wildman–Crippen MR) is 106 cm³/mol. The van der Waals surface area contributed by atoms with Crippen molar-refractivity contribution < 1.29 is 9.21 Å².